The standard InChI is InChI=1S/C42H73NO3/c1-11-12-13-14-15-16-17-30(43(9)10)36(44)46-33-21-22-39(6)31(38(33,4)5)20-23-41(8)32(39)19-18-29-34-35-37(2,3)24-26-42(34,28-45-35)27-25-40(29,41)7/h29-35H,11-28H2,1-10H3/t29-,30?,31+,32-,33+,34+,35-,39+,40-,41-,42-/m1/s1. The number of hydrogen-bond acceptors (Lipinski definition) is 4. The molecule has 1 unspecified atom stereocenters. The van der Waals surface area contributed by atoms with Gasteiger partial charge in [0.1, 0.15) is 12.1 Å². The average molecular weight is 640 g/mol. The van der Waals surface area contributed by atoms with Gasteiger partial charge in [0.15, 0.2) is 0 Å². The Morgan fingerprint density at radius 1 is 0.783 bits per heavy atom. The lowest BCUT2D eigenvalue weighted by molar-refractivity contribution is -0.254. The van der Waals surface area contributed by atoms with E-state index < -0.39 is 0 Å². The third-order valence-corrected chi connectivity index (χ3v) is 17.1. The highest BCUT2D eigenvalue weighted by atomic mass is 16.5. The summed E-state index contributed by atoms with van der Waals surface area (Å²) < 4.78 is 13.4. The summed E-state index contributed by atoms with van der Waals surface area (Å²) in [6.45, 7) is 21.4. The summed E-state index contributed by atoms with van der Waals surface area (Å²) in [4.78, 5) is 15.9. The minimum atomic E-state index is -0.126. The molecular formula is C42H73NO3. The van der Waals surface area contributed by atoms with E-state index in [-0.39, 0.29) is 23.5 Å². The lowest BCUT2D eigenvalue weighted by Gasteiger charge is -2.73. The number of fused-ring (bicyclic) bond motifs is 5. The van der Waals surface area contributed by atoms with Crippen LogP contribution >= 0.6 is 0 Å². The average Bonchev–Trinajstić information content (AvgIpc) is 3.32. The summed E-state index contributed by atoms with van der Waals surface area (Å²) in [5.74, 6) is 2.93. The van der Waals surface area contributed by atoms with Gasteiger partial charge >= 0.3 is 5.97 Å². The second kappa shape index (κ2) is 12.3. The summed E-state index contributed by atoms with van der Waals surface area (Å²) in [6.07, 6.45) is 22.0. The molecule has 5 aliphatic carbocycles. The molecule has 6 fully saturated rings. The molecule has 0 N–H and O–H groups in total. The number of likely N-dealkylation sites (N-methyl/N-ethyl adjacent to an activating group) is 1. The van der Waals surface area contributed by atoms with Crippen LogP contribution in [0.15, 0.2) is 0 Å². The molecule has 2 bridgehead atoms. The smallest absolute Gasteiger partial charge is 0.323 e. The maximum Gasteiger partial charge on any atom is 0.323 e. The van der Waals surface area contributed by atoms with Crippen molar-refractivity contribution in [2.45, 2.75) is 183 Å². The molecule has 0 aromatic rings. The molecule has 0 aromatic carbocycles. The predicted octanol–water partition coefficient (Wildman–Crippen LogP) is 10.5. The highest BCUT2D eigenvalue weighted by Gasteiger charge is 2.73. The lowest BCUT2D eigenvalue weighted by atomic mass is 9.31. The molecule has 11 atom stereocenters. The van der Waals surface area contributed by atoms with Crippen molar-refractivity contribution in [2.75, 3.05) is 20.7 Å². The summed E-state index contributed by atoms with van der Waals surface area (Å²) >= 11 is 0. The van der Waals surface area contributed by atoms with Crippen molar-refractivity contribution < 1.29 is 14.3 Å². The minimum Gasteiger partial charge on any atom is -0.461 e. The fourth-order valence-corrected chi connectivity index (χ4v) is 14.1. The summed E-state index contributed by atoms with van der Waals surface area (Å²) in [5, 5.41) is 0. The zero-order chi connectivity index (χ0) is 33.3. The van der Waals surface area contributed by atoms with Crippen LogP contribution in [0.4, 0.5) is 0 Å². The monoisotopic (exact) mass is 640 g/mol. The maximum atomic E-state index is 13.8. The van der Waals surface area contributed by atoms with Crippen LogP contribution in [0.3, 0.4) is 0 Å². The Hall–Kier alpha value is -0.610. The summed E-state index contributed by atoms with van der Waals surface area (Å²) in [6, 6.07) is -0.126. The Morgan fingerprint density at radius 3 is 2.20 bits per heavy atom. The second-order valence-corrected chi connectivity index (χ2v) is 20.1. The van der Waals surface area contributed by atoms with Gasteiger partial charge in [0, 0.05) is 5.41 Å². The molecule has 4 nitrogen and oxygen atoms in total. The molecule has 1 heterocycles. The molecule has 0 radical (unpaired) electrons. The maximum absolute atomic E-state index is 13.8. The summed E-state index contributed by atoms with van der Waals surface area (Å²) in [7, 11) is 4.12. The number of nitrogens with zero attached hydrogens (tertiary/aromatic N) is 1. The molecule has 0 aromatic heterocycles. The van der Waals surface area contributed by atoms with Crippen LogP contribution < -0.4 is 0 Å². The Morgan fingerprint density at radius 2 is 1.48 bits per heavy atom. The van der Waals surface area contributed by atoms with Gasteiger partial charge in [0.05, 0.1) is 12.7 Å². The van der Waals surface area contributed by atoms with E-state index in [1.165, 1.54) is 89.9 Å². The van der Waals surface area contributed by atoms with E-state index >= 15 is 0 Å². The molecule has 1 saturated heterocycles. The van der Waals surface area contributed by atoms with E-state index in [9.17, 15) is 4.79 Å². The van der Waals surface area contributed by atoms with Gasteiger partial charge in [-0.3, -0.25) is 9.69 Å². The number of hydrogen-bond donors (Lipinski definition) is 0. The van der Waals surface area contributed by atoms with Crippen LogP contribution in [0, 0.1) is 56.2 Å². The highest BCUT2D eigenvalue weighted by Crippen LogP contribution is 2.78. The molecule has 6 rings (SSSR count). The van der Waals surface area contributed by atoms with E-state index in [1.807, 2.05) is 0 Å². The number of carbonyl (C=O) groups excluding carboxylic acids is 1. The number of rotatable bonds is 10. The van der Waals surface area contributed by atoms with Crippen molar-refractivity contribution in [1.29, 1.82) is 0 Å². The predicted molar refractivity (Wildman–Crippen MR) is 190 cm³/mol. The normalized spacial score (nSPS) is 46.1. The van der Waals surface area contributed by atoms with Crippen LogP contribution in [0.2, 0.25) is 0 Å². The van der Waals surface area contributed by atoms with Crippen LogP contribution in [0.1, 0.15) is 165 Å². The van der Waals surface area contributed by atoms with Gasteiger partial charge in [0.2, 0.25) is 0 Å². The van der Waals surface area contributed by atoms with E-state index in [0.29, 0.717) is 39.1 Å². The van der Waals surface area contributed by atoms with Gasteiger partial charge in [-0.15, -0.1) is 0 Å². The molecule has 6 aliphatic rings. The number of carbonyl (C=O) groups is 1. The quantitative estimate of drug-likeness (QED) is 0.176. The van der Waals surface area contributed by atoms with Gasteiger partial charge in [0.25, 0.3) is 0 Å². The summed E-state index contributed by atoms with van der Waals surface area (Å²) in [5.41, 5.74) is 1.83. The largest absolute Gasteiger partial charge is 0.461 e. The first kappa shape index (κ1) is 35.2. The molecule has 1 aliphatic heterocycles. The van der Waals surface area contributed by atoms with Crippen molar-refractivity contribution in [3.05, 3.63) is 0 Å². The Labute approximate surface area is 284 Å². The number of unbranched alkanes of at least 4 members (excludes halogenated alkanes) is 5. The molecule has 0 amide bonds. The molecule has 0 spiro atoms. The second-order valence-electron chi connectivity index (χ2n) is 20.1. The first-order valence-corrected chi connectivity index (χ1v) is 20.1. The zero-order valence-corrected chi connectivity index (χ0v) is 31.9. The minimum absolute atomic E-state index is 0.00424. The van der Waals surface area contributed by atoms with Crippen molar-refractivity contribution >= 4 is 5.97 Å². The Kier molecular flexibility index (Phi) is 9.43. The van der Waals surface area contributed by atoms with Crippen molar-refractivity contribution in [2.24, 2.45) is 56.2 Å². The molecule has 264 valence electrons. The SMILES string of the molecule is CCCCCCCCC(C(=O)O[C@H]1CC[C@]2(C)[C@H]3CC[C@@H]4[C@H]5[C@H]6OC[C@@]5(CCC6(C)C)CC[C@@]4(C)[C@]3(C)CC[C@H]2C1(C)C)N(C)C. The van der Waals surface area contributed by atoms with Gasteiger partial charge in [-0.2, -0.15) is 0 Å². The van der Waals surface area contributed by atoms with Crippen LogP contribution in [-0.4, -0.2) is 49.8 Å². The first-order chi connectivity index (χ1) is 21.6. The van der Waals surface area contributed by atoms with Crippen molar-refractivity contribution in [3.63, 3.8) is 0 Å². The van der Waals surface area contributed by atoms with Crippen molar-refractivity contribution in [1.82, 2.24) is 4.90 Å². The third-order valence-electron chi connectivity index (χ3n) is 17.1. The molecule has 5 saturated carbocycles. The topological polar surface area (TPSA) is 38.8 Å². The molecular weight excluding hydrogens is 566 g/mol. The Bertz CT molecular complexity index is 1110. The van der Waals surface area contributed by atoms with Gasteiger partial charge in [-0.25, -0.2) is 0 Å². The zero-order valence-electron chi connectivity index (χ0n) is 31.9. The highest BCUT2D eigenvalue weighted by molar-refractivity contribution is 5.76. The van der Waals surface area contributed by atoms with Crippen LogP contribution in [0.5, 0.6) is 0 Å². The van der Waals surface area contributed by atoms with Gasteiger partial charge in [-0.1, -0.05) is 93.9 Å². The van der Waals surface area contributed by atoms with E-state index in [1.54, 1.807) is 0 Å². The van der Waals surface area contributed by atoms with Crippen molar-refractivity contribution in [3.8, 4) is 0 Å². The van der Waals surface area contributed by atoms with E-state index in [2.05, 4.69) is 74.4 Å². The van der Waals surface area contributed by atoms with E-state index in [0.717, 1.165) is 43.6 Å². The third kappa shape index (κ3) is 5.29. The molecule has 4 heteroatoms. The van der Waals surface area contributed by atoms with Crippen LogP contribution in [0.25, 0.3) is 0 Å². The van der Waals surface area contributed by atoms with E-state index in [4.69, 9.17) is 9.47 Å². The lowest BCUT2D eigenvalue weighted by Crippen LogP contribution is -2.68. The Balaban J connectivity index is 1.17. The number of ether oxygens (including phenoxy) is 2. The first-order valence-electron chi connectivity index (χ1n) is 20.1. The van der Waals surface area contributed by atoms with Crippen LogP contribution in [-0.2, 0) is 14.3 Å². The number of esters is 1. The fourth-order valence-electron chi connectivity index (χ4n) is 14.1. The molecule has 46 heavy (non-hydrogen) atoms. The fraction of sp³-hybridized carbons (Fsp3) is 0.976. The van der Waals surface area contributed by atoms with Gasteiger partial charge in [-0.05, 0) is 135 Å². The van der Waals surface area contributed by atoms with Gasteiger partial charge < -0.3 is 9.47 Å².